The van der Waals surface area contributed by atoms with Crippen molar-refractivity contribution in [3.63, 3.8) is 0 Å². The number of benzene rings is 1. The third kappa shape index (κ3) is 10.8. The third-order valence-electron chi connectivity index (χ3n) is 11.6. The number of aromatic nitrogens is 2. The van der Waals surface area contributed by atoms with E-state index in [2.05, 4.69) is 31.2 Å². The van der Waals surface area contributed by atoms with Crippen molar-refractivity contribution in [2.24, 2.45) is 23.2 Å². The molecular formula is C42H57N7O8. The van der Waals surface area contributed by atoms with Crippen LogP contribution in [0.1, 0.15) is 108 Å². The summed E-state index contributed by atoms with van der Waals surface area (Å²) in [7, 11) is 0. The number of ketones is 1. The minimum Gasteiger partial charge on any atom is -0.480 e. The maximum absolute atomic E-state index is 14.7. The fourth-order valence-corrected chi connectivity index (χ4v) is 8.66. The van der Waals surface area contributed by atoms with Crippen molar-refractivity contribution < 1.29 is 38.7 Å². The molecule has 2 unspecified atom stereocenters. The fourth-order valence-electron chi connectivity index (χ4n) is 8.66. The summed E-state index contributed by atoms with van der Waals surface area (Å²) < 4.78 is 0. The molecule has 57 heavy (non-hydrogen) atoms. The molecule has 5 rings (SSSR count). The van der Waals surface area contributed by atoms with Crippen LogP contribution in [0.3, 0.4) is 0 Å². The zero-order chi connectivity index (χ0) is 41.3. The van der Waals surface area contributed by atoms with E-state index >= 15 is 0 Å². The van der Waals surface area contributed by atoms with E-state index in [1.54, 1.807) is 37.3 Å². The van der Waals surface area contributed by atoms with Gasteiger partial charge < -0.3 is 31.3 Å². The molecule has 1 aliphatic heterocycles. The van der Waals surface area contributed by atoms with Gasteiger partial charge in [-0.05, 0) is 60.8 Å². The molecule has 7 atom stereocenters. The molecule has 15 heteroatoms. The van der Waals surface area contributed by atoms with Gasteiger partial charge in [-0.3, -0.25) is 33.8 Å². The summed E-state index contributed by atoms with van der Waals surface area (Å²) in [4.78, 5) is 105. The van der Waals surface area contributed by atoms with Gasteiger partial charge in [0.15, 0.2) is 0 Å². The molecule has 0 radical (unpaired) electrons. The minimum atomic E-state index is -1.37. The Bertz CT molecular complexity index is 1760. The molecule has 2 heterocycles. The Hall–Kier alpha value is -5.21. The maximum atomic E-state index is 14.7. The second-order valence-electron chi connectivity index (χ2n) is 16.8. The van der Waals surface area contributed by atoms with E-state index < -0.39 is 76.9 Å². The number of Topliss-reactive ketones (excluding diaryl/α,β-unsaturated/α-hetero) is 1. The summed E-state index contributed by atoms with van der Waals surface area (Å²) in [5.74, 6) is -5.79. The SMILES string of the molecule is CCCC(NC(=O)[C@@H]1[C@H]2CCC[C@H]2CN1C(=O)[C@@H](NC(=O)C(NC(=O)c1cnccn1)C1CCCCC1)C(C)(C)C)C(=O)C(=O)N[C@@H](Cc1ccccc1)C(=O)O. The summed E-state index contributed by atoms with van der Waals surface area (Å²) >= 11 is 0. The molecule has 3 fully saturated rings. The number of carbonyl (C=O) groups is 7. The number of nitrogens with one attached hydrogen (secondary N) is 4. The minimum absolute atomic E-state index is 0.0280. The zero-order valence-electron chi connectivity index (χ0n) is 33.4. The van der Waals surface area contributed by atoms with E-state index in [1.807, 2.05) is 20.8 Å². The predicted octanol–water partition coefficient (Wildman–Crippen LogP) is 2.98. The second-order valence-corrected chi connectivity index (χ2v) is 16.8. The highest BCUT2D eigenvalue weighted by Crippen LogP contribution is 2.43. The lowest BCUT2D eigenvalue weighted by Gasteiger charge is -2.38. The first-order valence-electron chi connectivity index (χ1n) is 20.3. The highest BCUT2D eigenvalue weighted by atomic mass is 16.4. The quantitative estimate of drug-likeness (QED) is 0.157. The molecule has 1 saturated heterocycles. The molecule has 2 aliphatic carbocycles. The van der Waals surface area contributed by atoms with E-state index in [1.165, 1.54) is 23.5 Å². The van der Waals surface area contributed by atoms with Crippen LogP contribution in [0.2, 0.25) is 0 Å². The summed E-state index contributed by atoms with van der Waals surface area (Å²) in [6.07, 6.45) is 11.3. The molecule has 308 valence electrons. The lowest BCUT2D eigenvalue weighted by molar-refractivity contribution is -0.147. The lowest BCUT2D eigenvalue weighted by Crippen LogP contribution is -2.62. The number of hydrogen-bond donors (Lipinski definition) is 5. The first kappa shape index (κ1) is 42.9. The van der Waals surface area contributed by atoms with E-state index in [0.717, 1.165) is 44.9 Å². The van der Waals surface area contributed by atoms with Crippen molar-refractivity contribution in [1.29, 1.82) is 0 Å². The van der Waals surface area contributed by atoms with Crippen LogP contribution in [0.15, 0.2) is 48.9 Å². The van der Waals surface area contributed by atoms with Gasteiger partial charge in [0.25, 0.3) is 11.8 Å². The van der Waals surface area contributed by atoms with Crippen LogP contribution >= 0.6 is 0 Å². The smallest absolute Gasteiger partial charge is 0.326 e. The number of carbonyl (C=O) groups excluding carboxylic acids is 6. The Labute approximate surface area is 333 Å². The van der Waals surface area contributed by atoms with Crippen LogP contribution in [0.25, 0.3) is 0 Å². The van der Waals surface area contributed by atoms with Crippen molar-refractivity contribution in [1.82, 2.24) is 36.1 Å². The number of fused-ring (bicyclic) bond motifs is 1. The zero-order valence-corrected chi connectivity index (χ0v) is 33.4. The Morgan fingerprint density at radius 3 is 2.21 bits per heavy atom. The Morgan fingerprint density at radius 1 is 0.860 bits per heavy atom. The van der Waals surface area contributed by atoms with Crippen LogP contribution in [0.4, 0.5) is 0 Å². The van der Waals surface area contributed by atoms with Gasteiger partial charge in [-0.15, -0.1) is 0 Å². The van der Waals surface area contributed by atoms with Crippen molar-refractivity contribution in [3.05, 3.63) is 60.2 Å². The number of carboxylic acid groups (broad SMARTS) is 1. The van der Waals surface area contributed by atoms with Crippen LogP contribution in [0.5, 0.6) is 0 Å². The molecule has 1 aromatic heterocycles. The predicted molar refractivity (Wildman–Crippen MR) is 209 cm³/mol. The molecule has 5 N–H and O–H groups in total. The maximum Gasteiger partial charge on any atom is 0.326 e. The number of aliphatic carboxylic acids is 1. The fraction of sp³-hybridized carbons (Fsp3) is 0.595. The van der Waals surface area contributed by atoms with E-state index in [-0.39, 0.29) is 42.8 Å². The van der Waals surface area contributed by atoms with E-state index in [9.17, 15) is 38.7 Å². The normalized spacial score (nSPS) is 21.6. The molecule has 2 saturated carbocycles. The highest BCUT2D eigenvalue weighted by molar-refractivity contribution is 6.38. The van der Waals surface area contributed by atoms with Crippen molar-refractivity contribution in [3.8, 4) is 0 Å². The summed E-state index contributed by atoms with van der Waals surface area (Å²) in [6, 6.07) is 3.12. The van der Waals surface area contributed by atoms with Crippen molar-refractivity contribution in [2.75, 3.05) is 6.54 Å². The van der Waals surface area contributed by atoms with Gasteiger partial charge in [-0.1, -0.05) is 90.1 Å². The van der Waals surface area contributed by atoms with Gasteiger partial charge in [0.05, 0.1) is 12.2 Å². The highest BCUT2D eigenvalue weighted by Gasteiger charge is 2.52. The molecule has 3 aliphatic rings. The molecule has 0 bridgehead atoms. The molecule has 5 amide bonds. The number of rotatable bonds is 16. The van der Waals surface area contributed by atoms with E-state index in [0.29, 0.717) is 18.4 Å². The van der Waals surface area contributed by atoms with Gasteiger partial charge in [-0.25, -0.2) is 9.78 Å². The van der Waals surface area contributed by atoms with E-state index in [4.69, 9.17) is 0 Å². The molecule has 0 spiro atoms. The van der Waals surface area contributed by atoms with Gasteiger partial charge in [0, 0.05) is 25.4 Å². The Kier molecular flexibility index (Phi) is 14.5. The summed E-state index contributed by atoms with van der Waals surface area (Å²) in [5, 5.41) is 20.8. The summed E-state index contributed by atoms with van der Waals surface area (Å²) in [6.45, 7) is 7.56. The van der Waals surface area contributed by atoms with Gasteiger partial charge in [0.1, 0.15) is 29.9 Å². The van der Waals surface area contributed by atoms with Crippen LogP contribution in [0, 0.1) is 23.2 Å². The number of likely N-dealkylation sites (tertiary alicyclic amines) is 1. The molecule has 15 nitrogen and oxygen atoms in total. The van der Waals surface area contributed by atoms with Crippen molar-refractivity contribution >= 4 is 41.3 Å². The number of amides is 5. The average Bonchev–Trinajstić information content (AvgIpc) is 3.80. The Morgan fingerprint density at radius 2 is 1.58 bits per heavy atom. The van der Waals surface area contributed by atoms with Crippen LogP contribution < -0.4 is 21.3 Å². The number of nitrogens with zero attached hydrogens (tertiary/aromatic N) is 3. The monoisotopic (exact) mass is 787 g/mol. The second kappa shape index (κ2) is 19.3. The molecule has 2 aromatic rings. The first-order valence-corrected chi connectivity index (χ1v) is 20.3. The van der Waals surface area contributed by atoms with Crippen molar-refractivity contribution in [2.45, 2.75) is 129 Å². The van der Waals surface area contributed by atoms with Gasteiger partial charge in [0.2, 0.25) is 23.5 Å². The largest absolute Gasteiger partial charge is 0.480 e. The first-order chi connectivity index (χ1) is 27.2. The lowest BCUT2D eigenvalue weighted by atomic mass is 9.82. The topological polar surface area (TPSA) is 217 Å². The molecular weight excluding hydrogens is 731 g/mol. The molecule has 1 aromatic carbocycles. The standard InChI is InChI=1S/C42H57N7O8/c1-5-13-29(34(50)39(54)46-30(41(56)57)22-25-14-8-6-9-15-25)45-38(53)33-28-19-12-18-27(28)24-49(33)40(55)35(42(2,3)4)48-37(52)32(26-16-10-7-11-17-26)47-36(51)31-23-43-20-21-44-31/h6,8-9,14-15,20-21,23,26-30,32-33,35H,5,7,10-13,16-19,22,24H2,1-4H3,(H,45,53)(H,46,54)(H,47,51)(H,48,52)(H,56,57)/t27-,28-,29?,30-,32?,33-,35+/m0/s1. The number of carboxylic acids is 1. The van der Waals surface area contributed by atoms with Gasteiger partial charge in [-0.2, -0.15) is 0 Å². The Balaban J connectivity index is 1.34. The van der Waals surface area contributed by atoms with Crippen LogP contribution in [-0.4, -0.2) is 98.0 Å². The third-order valence-corrected chi connectivity index (χ3v) is 11.6. The summed E-state index contributed by atoms with van der Waals surface area (Å²) in [5.41, 5.74) is -0.0797. The van der Waals surface area contributed by atoms with Gasteiger partial charge >= 0.3 is 5.97 Å². The number of hydrogen-bond acceptors (Lipinski definition) is 9. The van der Waals surface area contributed by atoms with Crippen LogP contribution in [-0.2, 0) is 35.2 Å². The average molecular weight is 788 g/mol.